The van der Waals surface area contributed by atoms with Crippen LogP contribution in [0.2, 0.25) is 0 Å². The lowest BCUT2D eigenvalue weighted by molar-refractivity contribution is -0.135. The number of nitrogens with zero attached hydrogens (tertiary/aromatic N) is 4. The summed E-state index contributed by atoms with van der Waals surface area (Å²) in [7, 11) is 2.19. The Balaban J connectivity index is 1.18. The highest BCUT2D eigenvalue weighted by atomic mass is 32.1. The van der Waals surface area contributed by atoms with Crippen molar-refractivity contribution in [1.82, 2.24) is 25.0 Å². The van der Waals surface area contributed by atoms with E-state index in [-0.39, 0.29) is 23.4 Å². The van der Waals surface area contributed by atoms with E-state index in [2.05, 4.69) is 34.1 Å². The maximum Gasteiger partial charge on any atom is 0.243 e. The molecule has 0 radical (unpaired) electrons. The molecule has 2 atom stereocenters. The minimum absolute atomic E-state index is 0.0705. The fourth-order valence-corrected chi connectivity index (χ4v) is 7.30. The van der Waals surface area contributed by atoms with Gasteiger partial charge in [0.15, 0.2) is 0 Å². The maximum absolute atomic E-state index is 13.4. The van der Waals surface area contributed by atoms with Crippen molar-refractivity contribution in [3.05, 3.63) is 16.1 Å². The predicted molar refractivity (Wildman–Crippen MR) is 130 cm³/mol. The molecule has 8 heteroatoms. The van der Waals surface area contributed by atoms with Gasteiger partial charge in [-0.25, -0.2) is 4.98 Å². The van der Waals surface area contributed by atoms with Gasteiger partial charge in [-0.05, 0) is 52.0 Å². The number of aryl methyl sites for hydroxylation is 1. The second-order valence-electron chi connectivity index (χ2n) is 11.0. The Bertz CT molecular complexity index is 831. The van der Waals surface area contributed by atoms with Crippen LogP contribution in [-0.2, 0) is 16.1 Å². The average Bonchev–Trinajstić information content (AvgIpc) is 3.41. The molecule has 182 valence electrons. The number of likely N-dealkylation sites (N-methyl/N-ethyl adjacent to an activating group) is 1. The largest absolute Gasteiger partial charge is 0.348 e. The molecule has 2 amide bonds. The number of fused-ring (bicyclic) bond motifs is 1. The molecule has 0 aromatic carbocycles. The molecule has 5 rings (SSSR count). The summed E-state index contributed by atoms with van der Waals surface area (Å²) in [5.74, 6) is 1.01. The van der Waals surface area contributed by atoms with Crippen molar-refractivity contribution in [3.8, 4) is 0 Å². The highest BCUT2D eigenvalue weighted by Crippen LogP contribution is 2.34. The van der Waals surface area contributed by atoms with Gasteiger partial charge in [0.25, 0.3) is 0 Å². The van der Waals surface area contributed by atoms with Gasteiger partial charge >= 0.3 is 0 Å². The molecule has 1 saturated carbocycles. The quantitative estimate of drug-likeness (QED) is 0.712. The van der Waals surface area contributed by atoms with E-state index >= 15 is 0 Å². The summed E-state index contributed by atoms with van der Waals surface area (Å²) in [6.45, 7) is 6.59. The predicted octanol–water partition coefficient (Wildman–Crippen LogP) is 2.79. The summed E-state index contributed by atoms with van der Waals surface area (Å²) in [4.78, 5) is 39.1. The molecule has 1 N–H and O–H groups in total. The van der Waals surface area contributed by atoms with E-state index in [9.17, 15) is 9.59 Å². The molecule has 0 bridgehead atoms. The number of rotatable bonds is 5. The van der Waals surface area contributed by atoms with Gasteiger partial charge in [-0.1, -0.05) is 19.3 Å². The van der Waals surface area contributed by atoms with E-state index in [0.717, 1.165) is 57.1 Å². The molecule has 1 spiro atoms. The number of thiazole rings is 1. The zero-order valence-electron chi connectivity index (χ0n) is 20.2. The number of likely N-dealkylation sites (tertiary alicyclic amines) is 1. The number of hydrogen-bond acceptors (Lipinski definition) is 6. The van der Waals surface area contributed by atoms with Crippen LogP contribution >= 0.6 is 11.3 Å². The number of carbonyl (C=O) groups is 2. The van der Waals surface area contributed by atoms with Gasteiger partial charge in [0.05, 0.1) is 23.2 Å². The first-order chi connectivity index (χ1) is 15.9. The second-order valence-corrected chi connectivity index (χ2v) is 11.9. The van der Waals surface area contributed by atoms with Crippen LogP contribution in [0, 0.1) is 12.8 Å². The molecule has 4 aliphatic rings. The van der Waals surface area contributed by atoms with Crippen LogP contribution in [0.25, 0.3) is 0 Å². The Morgan fingerprint density at radius 1 is 1.21 bits per heavy atom. The third-order valence-corrected chi connectivity index (χ3v) is 9.62. The van der Waals surface area contributed by atoms with Crippen LogP contribution < -0.4 is 5.32 Å². The first-order valence-electron chi connectivity index (χ1n) is 12.9. The molecular weight excluding hydrogens is 434 g/mol. The molecule has 33 heavy (non-hydrogen) atoms. The minimum Gasteiger partial charge on any atom is -0.348 e. The first kappa shape index (κ1) is 23.2. The number of nitrogens with one attached hydrogen (secondary N) is 1. The standard InChI is InChI=1S/C25H39N5O2S/c1-18-22(33-17-26-18)16-29-10-8-25(9-11-29)13-23(31)30-15-20(12-21(30)24(32)27-25)28(2)14-19-6-4-3-5-7-19/h17,19-21H,3-16H2,1-2H3,(H,27,32)/t20-,21-/m0/s1. The molecule has 1 aromatic rings. The number of carbonyl (C=O) groups excluding carboxylic acids is 2. The summed E-state index contributed by atoms with van der Waals surface area (Å²) in [5, 5.41) is 3.37. The van der Waals surface area contributed by atoms with Crippen LogP contribution in [0.3, 0.4) is 0 Å². The van der Waals surface area contributed by atoms with Crippen LogP contribution in [0.1, 0.15) is 68.4 Å². The molecule has 7 nitrogen and oxygen atoms in total. The van der Waals surface area contributed by atoms with Crippen molar-refractivity contribution in [2.75, 3.05) is 33.2 Å². The highest BCUT2D eigenvalue weighted by Gasteiger charge is 2.49. The molecule has 4 heterocycles. The van der Waals surface area contributed by atoms with Crippen LogP contribution in [0.4, 0.5) is 0 Å². The second kappa shape index (κ2) is 9.62. The maximum atomic E-state index is 13.4. The monoisotopic (exact) mass is 473 g/mol. The van der Waals surface area contributed by atoms with Gasteiger partial charge in [-0.3, -0.25) is 14.5 Å². The first-order valence-corrected chi connectivity index (χ1v) is 13.7. The summed E-state index contributed by atoms with van der Waals surface area (Å²) in [6.07, 6.45) is 9.62. The third-order valence-electron chi connectivity index (χ3n) is 8.70. The SMILES string of the molecule is Cc1ncsc1CN1CCC2(CC1)CC(=O)N1C[C@@H](N(C)CC3CCCCC3)C[C@H]1C(=O)N2. The average molecular weight is 474 g/mol. The summed E-state index contributed by atoms with van der Waals surface area (Å²) in [6, 6.07) is -0.00118. The van der Waals surface area contributed by atoms with E-state index in [0.29, 0.717) is 19.0 Å². The van der Waals surface area contributed by atoms with E-state index in [4.69, 9.17) is 0 Å². The Hall–Kier alpha value is -1.51. The van der Waals surface area contributed by atoms with E-state index in [1.807, 2.05) is 10.4 Å². The van der Waals surface area contributed by atoms with Crippen LogP contribution in [0.5, 0.6) is 0 Å². The molecule has 1 aromatic heterocycles. The minimum atomic E-state index is -0.374. The molecular formula is C25H39N5O2S. The van der Waals surface area contributed by atoms with Crippen molar-refractivity contribution in [3.63, 3.8) is 0 Å². The Morgan fingerprint density at radius 2 is 1.97 bits per heavy atom. The lowest BCUT2D eigenvalue weighted by Gasteiger charge is -2.41. The summed E-state index contributed by atoms with van der Waals surface area (Å²) >= 11 is 1.71. The van der Waals surface area contributed by atoms with E-state index in [1.165, 1.54) is 37.0 Å². The van der Waals surface area contributed by atoms with Crippen molar-refractivity contribution in [2.45, 2.75) is 88.9 Å². The zero-order chi connectivity index (χ0) is 23.0. The fraction of sp³-hybridized carbons (Fsp3) is 0.800. The normalized spacial score (nSPS) is 28.9. The zero-order valence-corrected chi connectivity index (χ0v) is 21.0. The van der Waals surface area contributed by atoms with E-state index in [1.54, 1.807) is 11.3 Å². The number of piperidine rings is 1. The third kappa shape index (κ3) is 4.98. The Labute approximate surface area is 201 Å². The summed E-state index contributed by atoms with van der Waals surface area (Å²) in [5.41, 5.74) is 2.65. The highest BCUT2D eigenvalue weighted by molar-refractivity contribution is 7.09. The van der Waals surface area contributed by atoms with Gasteiger partial charge in [0.1, 0.15) is 6.04 Å². The molecule has 3 aliphatic heterocycles. The lowest BCUT2D eigenvalue weighted by atomic mass is 9.84. The number of amides is 2. The van der Waals surface area contributed by atoms with Gasteiger partial charge in [0, 0.05) is 43.6 Å². The van der Waals surface area contributed by atoms with E-state index < -0.39 is 0 Å². The van der Waals surface area contributed by atoms with Crippen LogP contribution in [-0.4, -0.2) is 82.3 Å². The van der Waals surface area contributed by atoms with Crippen molar-refractivity contribution < 1.29 is 9.59 Å². The summed E-state index contributed by atoms with van der Waals surface area (Å²) < 4.78 is 0. The van der Waals surface area contributed by atoms with Gasteiger partial charge in [-0.15, -0.1) is 11.3 Å². The molecule has 4 fully saturated rings. The smallest absolute Gasteiger partial charge is 0.243 e. The molecule has 3 saturated heterocycles. The number of hydrogen-bond donors (Lipinski definition) is 1. The van der Waals surface area contributed by atoms with Gasteiger partial charge in [-0.2, -0.15) is 0 Å². The lowest BCUT2D eigenvalue weighted by Crippen LogP contribution is -2.56. The fourth-order valence-electron chi connectivity index (χ4n) is 6.49. The molecule has 0 unspecified atom stereocenters. The Morgan fingerprint density at radius 3 is 2.67 bits per heavy atom. The van der Waals surface area contributed by atoms with Gasteiger partial charge in [0.2, 0.25) is 11.8 Å². The molecule has 1 aliphatic carbocycles. The Kier molecular flexibility index (Phi) is 6.78. The van der Waals surface area contributed by atoms with Crippen LogP contribution in [0.15, 0.2) is 5.51 Å². The van der Waals surface area contributed by atoms with Crippen molar-refractivity contribution in [2.24, 2.45) is 5.92 Å². The van der Waals surface area contributed by atoms with Crippen molar-refractivity contribution >= 4 is 23.2 Å². The topological polar surface area (TPSA) is 68.8 Å². The van der Waals surface area contributed by atoms with Crippen molar-refractivity contribution in [1.29, 1.82) is 0 Å². The number of aromatic nitrogens is 1. The van der Waals surface area contributed by atoms with Gasteiger partial charge < -0.3 is 15.1 Å².